The van der Waals surface area contributed by atoms with Gasteiger partial charge in [-0.1, -0.05) is 6.92 Å². The van der Waals surface area contributed by atoms with Crippen LogP contribution in [0.3, 0.4) is 0 Å². The summed E-state index contributed by atoms with van der Waals surface area (Å²) in [4.78, 5) is 23.6. The van der Waals surface area contributed by atoms with Crippen molar-refractivity contribution in [3.8, 4) is 5.75 Å². The molecule has 114 valence electrons. The van der Waals surface area contributed by atoms with Crippen LogP contribution in [0.4, 0.5) is 5.69 Å². The number of nitro groups is 1. The van der Waals surface area contributed by atoms with Gasteiger partial charge in [-0.05, 0) is 30.5 Å². The van der Waals surface area contributed by atoms with Crippen molar-refractivity contribution in [2.75, 3.05) is 13.7 Å². The molecule has 0 aromatic heterocycles. The van der Waals surface area contributed by atoms with E-state index in [1.165, 1.54) is 19.2 Å². The largest absolute Gasteiger partial charge is 0.496 e. The Kier molecular flexibility index (Phi) is 4.42. The van der Waals surface area contributed by atoms with Crippen molar-refractivity contribution in [3.05, 3.63) is 33.9 Å². The molecule has 1 aliphatic heterocycles. The van der Waals surface area contributed by atoms with Gasteiger partial charge in [-0.15, -0.1) is 0 Å². The maximum atomic E-state index is 11.3. The van der Waals surface area contributed by atoms with Crippen LogP contribution in [0.15, 0.2) is 18.2 Å². The third-order valence-corrected chi connectivity index (χ3v) is 3.84. The van der Waals surface area contributed by atoms with E-state index in [0.29, 0.717) is 24.4 Å². The highest BCUT2D eigenvalue weighted by Gasteiger charge is 2.36. The fraction of sp³-hybridized carbons (Fsp3) is 0.500. The highest BCUT2D eigenvalue weighted by atomic mass is 16.6. The number of aliphatic carboxylic acids is 1. The SMILES string of the molecule is COc1cc(CN2CCC(C)C2C(=O)O)cc([N+](=O)[O-])c1. The molecule has 7 heteroatoms. The van der Waals surface area contributed by atoms with Gasteiger partial charge in [0.1, 0.15) is 11.8 Å². The van der Waals surface area contributed by atoms with Crippen LogP contribution in [0.5, 0.6) is 5.75 Å². The first-order valence-electron chi connectivity index (χ1n) is 6.71. The number of carboxylic acids is 1. The van der Waals surface area contributed by atoms with Gasteiger partial charge in [0.25, 0.3) is 5.69 Å². The van der Waals surface area contributed by atoms with Gasteiger partial charge < -0.3 is 9.84 Å². The van der Waals surface area contributed by atoms with Gasteiger partial charge in [-0.3, -0.25) is 19.8 Å². The number of likely N-dealkylation sites (tertiary alicyclic amines) is 1. The molecule has 1 N–H and O–H groups in total. The summed E-state index contributed by atoms with van der Waals surface area (Å²) in [7, 11) is 1.45. The fourth-order valence-electron chi connectivity index (χ4n) is 2.80. The Morgan fingerprint density at radius 3 is 2.81 bits per heavy atom. The number of hydrogen-bond donors (Lipinski definition) is 1. The van der Waals surface area contributed by atoms with Gasteiger partial charge in [-0.2, -0.15) is 0 Å². The summed E-state index contributed by atoms with van der Waals surface area (Å²) < 4.78 is 5.07. The van der Waals surface area contributed by atoms with Gasteiger partial charge in [0, 0.05) is 12.6 Å². The molecular formula is C14H18N2O5. The van der Waals surface area contributed by atoms with Crippen LogP contribution in [0.2, 0.25) is 0 Å². The fourth-order valence-corrected chi connectivity index (χ4v) is 2.80. The number of ether oxygens (including phenoxy) is 1. The topological polar surface area (TPSA) is 92.9 Å². The van der Waals surface area contributed by atoms with E-state index in [1.54, 1.807) is 6.07 Å². The highest BCUT2D eigenvalue weighted by Crippen LogP contribution is 2.28. The van der Waals surface area contributed by atoms with E-state index < -0.39 is 16.9 Å². The molecule has 0 saturated carbocycles. The van der Waals surface area contributed by atoms with Gasteiger partial charge in [-0.25, -0.2) is 0 Å². The van der Waals surface area contributed by atoms with Crippen molar-refractivity contribution in [1.82, 2.24) is 4.90 Å². The third kappa shape index (κ3) is 3.30. The monoisotopic (exact) mass is 294 g/mol. The molecule has 1 aliphatic rings. The van der Waals surface area contributed by atoms with Gasteiger partial charge >= 0.3 is 5.97 Å². The first kappa shape index (κ1) is 15.2. The smallest absolute Gasteiger partial charge is 0.321 e. The Labute approximate surface area is 122 Å². The average molecular weight is 294 g/mol. The standard InChI is InChI=1S/C14H18N2O5/c1-9-3-4-15(13(9)14(17)18)8-10-5-11(16(19)20)7-12(6-10)21-2/h5-7,9,13H,3-4,8H2,1-2H3,(H,17,18). The molecule has 7 nitrogen and oxygen atoms in total. The summed E-state index contributed by atoms with van der Waals surface area (Å²) in [5, 5.41) is 20.2. The Morgan fingerprint density at radius 2 is 2.24 bits per heavy atom. The summed E-state index contributed by atoms with van der Waals surface area (Å²) in [6.07, 6.45) is 0.809. The van der Waals surface area contributed by atoms with Crippen molar-refractivity contribution in [1.29, 1.82) is 0 Å². The summed E-state index contributed by atoms with van der Waals surface area (Å²) >= 11 is 0. The number of carboxylic acid groups (broad SMARTS) is 1. The minimum atomic E-state index is -0.850. The number of non-ortho nitro benzene ring substituents is 1. The van der Waals surface area contributed by atoms with Crippen molar-refractivity contribution in [2.24, 2.45) is 5.92 Å². The molecule has 1 heterocycles. The van der Waals surface area contributed by atoms with Crippen molar-refractivity contribution >= 4 is 11.7 Å². The number of methoxy groups -OCH3 is 1. The third-order valence-electron chi connectivity index (χ3n) is 3.84. The molecule has 1 saturated heterocycles. The quantitative estimate of drug-likeness (QED) is 0.658. The second-order valence-electron chi connectivity index (χ2n) is 5.32. The van der Waals surface area contributed by atoms with Gasteiger partial charge in [0.2, 0.25) is 0 Å². The number of nitro benzene ring substituents is 1. The predicted molar refractivity (Wildman–Crippen MR) is 75.3 cm³/mol. The number of rotatable bonds is 5. The number of hydrogen-bond acceptors (Lipinski definition) is 5. The van der Waals surface area contributed by atoms with E-state index in [1.807, 2.05) is 11.8 Å². The lowest BCUT2D eigenvalue weighted by molar-refractivity contribution is -0.385. The summed E-state index contributed by atoms with van der Waals surface area (Å²) in [5.74, 6) is -0.376. The summed E-state index contributed by atoms with van der Waals surface area (Å²) in [6, 6.07) is 3.97. The van der Waals surface area contributed by atoms with Crippen molar-refractivity contribution in [2.45, 2.75) is 25.9 Å². The molecule has 2 unspecified atom stereocenters. The maximum Gasteiger partial charge on any atom is 0.321 e. The molecule has 1 aromatic carbocycles. The summed E-state index contributed by atoms with van der Waals surface area (Å²) in [5.41, 5.74) is 0.630. The van der Waals surface area contributed by atoms with E-state index in [4.69, 9.17) is 4.74 Å². The zero-order valence-corrected chi connectivity index (χ0v) is 12.0. The van der Waals surface area contributed by atoms with Crippen LogP contribution in [-0.2, 0) is 11.3 Å². The predicted octanol–water partition coefficient (Wildman–Crippen LogP) is 1.90. The van der Waals surface area contributed by atoms with E-state index in [-0.39, 0.29) is 11.6 Å². The van der Waals surface area contributed by atoms with Crippen LogP contribution in [0, 0.1) is 16.0 Å². The van der Waals surface area contributed by atoms with E-state index in [0.717, 1.165) is 6.42 Å². The molecule has 0 spiro atoms. The zero-order chi connectivity index (χ0) is 15.6. The molecule has 0 aliphatic carbocycles. The Bertz CT molecular complexity index is 560. The Morgan fingerprint density at radius 1 is 1.52 bits per heavy atom. The normalized spacial score (nSPS) is 22.2. The molecular weight excluding hydrogens is 276 g/mol. The number of benzene rings is 1. The van der Waals surface area contributed by atoms with Crippen LogP contribution in [0.25, 0.3) is 0 Å². The zero-order valence-electron chi connectivity index (χ0n) is 12.0. The second kappa shape index (κ2) is 6.09. The Hall–Kier alpha value is -2.15. The lowest BCUT2D eigenvalue weighted by atomic mass is 10.0. The lowest BCUT2D eigenvalue weighted by Gasteiger charge is -2.23. The molecule has 0 amide bonds. The molecule has 1 aromatic rings. The minimum Gasteiger partial charge on any atom is -0.496 e. The van der Waals surface area contributed by atoms with Crippen molar-refractivity contribution < 1.29 is 19.6 Å². The molecule has 1 fully saturated rings. The van der Waals surface area contributed by atoms with Crippen molar-refractivity contribution in [3.63, 3.8) is 0 Å². The summed E-state index contributed by atoms with van der Waals surface area (Å²) in [6.45, 7) is 2.94. The first-order chi connectivity index (χ1) is 9.92. The van der Waals surface area contributed by atoms with Crippen LogP contribution < -0.4 is 4.74 Å². The van der Waals surface area contributed by atoms with E-state index in [2.05, 4.69) is 0 Å². The van der Waals surface area contributed by atoms with Crippen LogP contribution >= 0.6 is 0 Å². The second-order valence-corrected chi connectivity index (χ2v) is 5.32. The first-order valence-corrected chi connectivity index (χ1v) is 6.71. The molecule has 2 rings (SSSR count). The maximum absolute atomic E-state index is 11.3. The van der Waals surface area contributed by atoms with Gasteiger partial charge in [0.15, 0.2) is 0 Å². The lowest BCUT2D eigenvalue weighted by Crippen LogP contribution is -2.38. The number of carbonyl (C=O) groups is 1. The molecule has 2 atom stereocenters. The van der Waals surface area contributed by atoms with Crippen LogP contribution in [0.1, 0.15) is 18.9 Å². The molecule has 0 radical (unpaired) electrons. The highest BCUT2D eigenvalue weighted by molar-refractivity contribution is 5.74. The van der Waals surface area contributed by atoms with Crippen LogP contribution in [-0.4, -0.2) is 40.6 Å². The molecule has 21 heavy (non-hydrogen) atoms. The Balaban J connectivity index is 2.24. The number of nitrogens with zero attached hydrogens (tertiary/aromatic N) is 2. The average Bonchev–Trinajstić information content (AvgIpc) is 2.79. The van der Waals surface area contributed by atoms with Gasteiger partial charge in [0.05, 0.1) is 18.1 Å². The minimum absolute atomic E-state index is 0.0523. The van der Waals surface area contributed by atoms with E-state index >= 15 is 0 Å². The van der Waals surface area contributed by atoms with E-state index in [9.17, 15) is 20.0 Å². The molecule has 0 bridgehead atoms.